The van der Waals surface area contributed by atoms with Crippen molar-refractivity contribution in [1.29, 1.82) is 0 Å². The van der Waals surface area contributed by atoms with Crippen molar-refractivity contribution in [3.63, 3.8) is 0 Å². The quantitative estimate of drug-likeness (QED) is 0.0827. The summed E-state index contributed by atoms with van der Waals surface area (Å²) in [5.74, 6) is 0. The van der Waals surface area contributed by atoms with Gasteiger partial charge >= 0.3 is 0 Å². The molecule has 0 unspecified atom stereocenters. The van der Waals surface area contributed by atoms with Crippen molar-refractivity contribution in [3.8, 4) is 0 Å². The van der Waals surface area contributed by atoms with Gasteiger partial charge in [-0.15, -0.1) is 0 Å². The maximum absolute atomic E-state index is 4.35. The summed E-state index contributed by atoms with van der Waals surface area (Å²) in [5, 5.41) is 3.77. The summed E-state index contributed by atoms with van der Waals surface area (Å²) < 4.78 is 0. The largest absolute Gasteiger partial charge is 0.386 e. The molecule has 0 amide bonds. The molecule has 1 nitrogen and oxygen atoms in total. The van der Waals surface area contributed by atoms with Crippen molar-refractivity contribution in [1.82, 2.24) is 5.32 Å². The molecule has 1 heteroatoms. The van der Waals surface area contributed by atoms with Crippen LogP contribution < -0.4 is 5.32 Å². The molecule has 228 valence electrons. The normalized spacial score (nSPS) is 12.2. The Labute approximate surface area is 243 Å². The highest BCUT2D eigenvalue weighted by Crippen LogP contribution is 2.17. The molecule has 0 aliphatic carbocycles. The smallest absolute Gasteiger partial charge is 0.0255 e. The molecule has 1 atom stereocenters. The number of hydrogen-bond donors (Lipinski definition) is 1. The maximum Gasteiger partial charge on any atom is 0.0255 e. The third-order valence-electron chi connectivity index (χ3n) is 8.64. The highest BCUT2D eigenvalue weighted by Gasteiger charge is 2.06. The molecule has 0 aliphatic heterocycles. The molecule has 0 radical (unpaired) electrons. The molecule has 0 aromatic carbocycles. The van der Waals surface area contributed by atoms with E-state index in [-0.39, 0.29) is 0 Å². The molecule has 0 saturated heterocycles. The van der Waals surface area contributed by atoms with Crippen LogP contribution in [-0.2, 0) is 0 Å². The lowest BCUT2D eigenvalue weighted by molar-refractivity contribution is 0.462. The first-order chi connectivity index (χ1) is 18.7. The van der Waals surface area contributed by atoms with Gasteiger partial charge in [-0.3, -0.25) is 0 Å². The van der Waals surface area contributed by atoms with E-state index >= 15 is 0 Å². The number of allylic oxidation sites excluding steroid dienone is 1. The Bertz CT molecular complexity index is 442. The molecule has 0 aromatic heterocycles. The molecule has 38 heavy (non-hydrogen) atoms. The Morgan fingerprint density at radius 2 is 0.711 bits per heavy atom. The van der Waals surface area contributed by atoms with Crippen molar-refractivity contribution in [2.45, 2.75) is 226 Å². The van der Waals surface area contributed by atoms with Crippen LogP contribution in [0.1, 0.15) is 220 Å². The highest BCUT2D eigenvalue weighted by atomic mass is 14.9. The zero-order chi connectivity index (χ0) is 27.8. The molecule has 0 saturated carbocycles. The van der Waals surface area contributed by atoms with Crippen LogP contribution >= 0.6 is 0 Å². The van der Waals surface area contributed by atoms with E-state index in [0.717, 1.165) is 0 Å². The Hall–Kier alpha value is -0.460. The Morgan fingerprint density at radius 3 is 1.03 bits per heavy atom. The standard InChI is InChI=1S/C37H75N/c1-5-8-10-12-14-16-18-20-22-24-26-28-30-32-34-36(4)38-37(7-3)35-33-31-29-27-25-23-21-19-17-15-13-11-9-6-2/h37-38H,4-35H2,1-3H3/t37-/m0/s1. The van der Waals surface area contributed by atoms with Gasteiger partial charge in [0.1, 0.15) is 0 Å². The number of rotatable bonds is 33. The Kier molecular flexibility index (Phi) is 32.4. The molecule has 0 fully saturated rings. The first-order valence-electron chi connectivity index (χ1n) is 18.2. The van der Waals surface area contributed by atoms with E-state index in [1.165, 1.54) is 205 Å². The first-order valence-corrected chi connectivity index (χ1v) is 18.2. The van der Waals surface area contributed by atoms with E-state index in [0.29, 0.717) is 6.04 Å². The fourth-order valence-corrected chi connectivity index (χ4v) is 5.86. The summed E-state index contributed by atoms with van der Waals surface area (Å²) in [6.45, 7) is 11.3. The summed E-state index contributed by atoms with van der Waals surface area (Å²) in [4.78, 5) is 0. The van der Waals surface area contributed by atoms with E-state index < -0.39 is 0 Å². The van der Waals surface area contributed by atoms with Crippen LogP contribution in [0.25, 0.3) is 0 Å². The molecule has 0 rings (SSSR count). The highest BCUT2D eigenvalue weighted by molar-refractivity contribution is 4.93. The molecule has 0 spiro atoms. The fourth-order valence-electron chi connectivity index (χ4n) is 5.86. The monoisotopic (exact) mass is 534 g/mol. The summed E-state index contributed by atoms with van der Waals surface area (Å²) in [7, 11) is 0. The second kappa shape index (κ2) is 32.8. The van der Waals surface area contributed by atoms with Crippen LogP contribution in [0.3, 0.4) is 0 Å². The Balaban J connectivity index is 3.40. The van der Waals surface area contributed by atoms with E-state index in [1.807, 2.05) is 0 Å². The average Bonchev–Trinajstić information content (AvgIpc) is 2.92. The van der Waals surface area contributed by atoms with Gasteiger partial charge in [0.15, 0.2) is 0 Å². The van der Waals surface area contributed by atoms with Crippen molar-refractivity contribution in [3.05, 3.63) is 12.3 Å². The van der Waals surface area contributed by atoms with E-state index in [4.69, 9.17) is 0 Å². The molecule has 1 N–H and O–H groups in total. The van der Waals surface area contributed by atoms with E-state index in [9.17, 15) is 0 Å². The van der Waals surface area contributed by atoms with E-state index in [2.05, 4.69) is 32.7 Å². The van der Waals surface area contributed by atoms with Crippen LogP contribution in [0, 0.1) is 0 Å². The van der Waals surface area contributed by atoms with Gasteiger partial charge in [-0.25, -0.2) is 0 Å². The van der Waals surface area contributed by atoms with Gasteiger partial charge in [0.25, 0.3) is 0 Å². The maximum atomic E-state index is 4.35. The third kappa shape index (κ3) is 30.1. The topological polar surface area (TPSA) is 12.0 Å². The second-order valence-electron chi connectivity index (χ2n) is 12.6. The van der Waals surface area contributed by atoms with Crippen LogP contribution in [0.5, 0.6) is 0 Å². The summed E-state index contributed by atoms with van der Waals surface area (Å²) in [5.41, 5.74) is 1.29. The Morgan fingerprint density at radius 1 is 0.421 bits per heavy atom. The van der Waals surface area contributed by atoms with Gasteiger partial charge in [0.05, 0.1) is 0 Å². The van der Waals surface area contributed by atoms with Gasteiger partial charge in [-0.05, 0) is 25.7 Å². The minimum Gasteiger partial charge on any atom is -0.386 e. The average molecular weight is 534 g/mol. The minimum absolute atomic E-state index is 0.645. The van der Waals surface area contributed by atoms with Crippen LogP contribution in [0.15, 0.2) is 12.3 Å². The predicted molar refractivity (Wildman–Crippen MR) is 176 cm³/mol. The predicted octanol–water partition coefficient (Wildman–Crippen LogP) is 13.6. The van der Waals surface area contributed by atoms with Crippen molar-refractivity contribution in [2.75, 3.05) is 0 Å². The van der Waals surface area contributed by atoms with Gasteiger partial charge < -0.3 is 5.32 Å². The molecular weight excluding hydrogens is 458 g/mol. The van der Waals surface area contributed by atoms with Crippen molar-refractivity contribution < 1.29 is 0 Å². The van der Waals surface area contributed by atoms with Gasteiger partial charge in [0.2, 0.25) is 0 Å². The van der Waals surface area contributed by atoms with Crippen molar-refractivity contribution in [2.24, 2.45) is 0 Å². The molecule has 0 heterocycles. The number of unbranched alkanes of at least 4 members (excludes halogenated alkanes) is 26. The van der Waals surface area contributed by atoms with Gasteiger partial charge in [-0.2, -0.15) is 0 Å². The minimum atomic E-state index is 0.645. The molecule has 0 aromatic rings. The summed E-state index contributed by atoms with van der Waals surface area (Å²) in [6.07, 6.45) is 44.0. The number of nitrogens with one attached hydrogen (secondary N) is 1. The second-order valence-corrected chi connectivity index (χ2v) is 12.6. The van der Waals surface area contributed by atoms with Crippen LogP contribution in [0.4, 0.5) is 0 Å². The van der Waals surface area contributed by atoms with E-state index in [1.54, 1.807) is 0 Å². The summed E-state index contributed by atoms with van der Waals surface area (Å²) >= 11 is 0. The molecular formula is C37H75N. The SMILES string of the molecule is C=C(CCCCCCCCCCCCCCCC)N[C@@H](CC)CCCCCCCCCCCCCCCC. The number of hydrogen-bond acceptors (Lipinski definition) is 1. The van der Waals surface area contributed by atoms with Crippen molar-refractivity contribution >= 4 is 0 Å². The zero-order valence-corrected chi connectivity index (χ0v) is 27.2. The van der Waals surface area contributed by atoms with Gasteiger partial charge in [-0.1, -0.05) is 201 Å². The molecule has 0 bridgehead atoms. The van der Waals surface area contributed by atoms with Crippen LogP contribution in [-0.4, -0.2) is 6.04 Å². The third-order valence-corrected chi connectivity index (χ3v) is 8.64. The lowest BCUT2D eigenvalue weighted by atomic mass is 10.0. The summed E-state index contributed by atoms with van der Waals surface area (Å²) in [6, 6.07) is 0.645. The zero-order valence-electron chi connectivity index (χ0n) is 27.2. The van der Waals surface area contributed by atoms with Crippen LogP contribution in [0.2, 0.25) is 0 Å². The lowest BCUT2D eigenvalue weighted by Gasteiger charge is -2.20. The first kappa shape index (κ1) is 37.5. The molecule has 0 aliphatic rings. The lowest BCUT2D eigenvalue weighted by Crippen LogP contribution is -2.27. The van der Waals surface area contributed by atoms with Gasteiger partial charge in [0, 0.05) is 11.7 Å². The fraction of sp³-hybridized carbons (Fsp3) is 0.946.